The summed E-state index contributed by atoms with van der Waals surface area (Å²) in [6, 6.07) is 6.82. The first-order valence-corrected chi connectivity index (χ1v) is 7.39. The summed E-state index contributed by atoms with van der Waals surface area (Å²) in [7, 11) is -1.71. The molecule has 2 rings (SSSR count). The number of nitrogens with zero attached hydrogens (tertiary/aromatic N) is 1. The van der Waals surface area contributed by atoms with Crippen LogP contribution in [0.4, 0.5) is 5.69 Å². The molecule has 0 amide bonds. The molecule has 102 valence electrons. The van der Waals surface area contributed by atoms with Crippen molar-refractivity contribution in [2.45, 2.75) is 18.4 Å². The van der Waals surface area contributed by atoms with Gasteiger partial charge in [-0.1, -0.05) is 6.07 Å². The predicted octanol–water partition coefficient (Wildman–Crippen LogP) is 1.59. The quantitative estimate of drug-likeness (QED) is 0.892. The molecule has 3 N–H and O–H groups in total. The third kappa shape index (κ3) is 3.36. The van der Waals surface area contributed by atoms with Crippen LogP contribution in [0.3, 0.4) is 0 Å². The monoisotopic (exact) mass is 279 g/mol. The maximum atomic E-state index is 11.3. The molecule has 0 bridgehead atoms. The van der Waals surface area contributed by atoms with Crippen LogP contribution in [0.25, 0.3) is 0 Å². The zero-order chi connectivity index (χ0) is 14.0. The third-order valence-electron chi connectivity index (χ3n) is 2.91. The highest BCUT2D eigenvalue weighted by molar-refractivity contribution is 7.89. The highest BCUT2D eigenvalue weighted by atomic mass is 32.2. The van der Waals surface area contributed by atoms with E-state index in [0.29, 0.717) is 6.54 Å². The Kier molecular flexibility index (Phi) is 3.64. The number of anilines is 1. The summed E-state index contributed by atoms with van der Waals surface area (Å²) in [4.78, 5) is 0.119. The zero-order valence-electron chi connectivity index (χ0n) is 10.9. The number of aryl methyl sites for hydroxylation is 2. The van der Waals surface area contributed by atoms with Crippen molar-refractivity contribution in [3.63, 3.8) is 0 Å². The van der Waals surface area contributed by atoms with Crippen LogP contribution in [0.5, 0.6) is 0 Å². The van der Waals surface area contributed by atoms with Crippen LogP contribution in [0.2, 0.25) is 0 Å². The van der Waals surface area contributed by atoms with E-state index in [2.05, 4.69) is 5.32 Å². The van der Waals surface area contributed by atoms with E-state index in [1.165, 1.54) is 6.07 Å². The lowest BCUT2D eigenvalue weighted by atomic mass is 10.2. The van der Waals surface area contributed by atoms with Gasteiger partial charge >= 0.3 is 0 Å². The molecule has 0 saturated carbocycles. The van der Waals surface area contributed by atoms with Crippen LogP contribution in [-0.4, -0.2) is 13.0 Å². The molecule has 19 heavy (non-hydrogen) atoms. The Bertz CT molecular complexity index is 690. The molecule has 0 radical (unpaired) electrons. The normalized spacial score (nSPS) is 11.5. The van der Waals surface area contributed by atoms with Gasteiger partial charge in [0.1, 0.15) is 0 Å². The van der Waals surface area contributed by atoms with Crippen LogP contribution < -0.4 is 10.5 Å². The van der Waals surface area contributed by atoms with Gasteiger partial charge in [-0.3, -0.25) is 0 Å². The van der Waals surface area contributed by atoms with Crippen molar-refractivity contribution in [2.75, 3.05) is 5.32 Å². The van der Waals surface area contributed by atoms with Crippen molar-refractivity contribution in [3.05, 3.63) is 47.8 Å². The Morgan fingerprint density at radius 3 is 2.63 bits per heavy atom. The van der Waals surface area contributed by atoms with Gasteiger partial charge in [-0.2, -0.15) is 0 Å². The molecule has 0 unspecified atom stereocenters. The third-order valence-corrected chi connectivity index (χ3v) is 3.82. The van der Waals surface area contributed by atoms with E-state index >= 15 is 0 Å². The molecule has 0 aliphatic carbocycles. The average Bonchev–Trinajstić information content (AvgIpc) is 2.72. The van der Waals surface area contributed by atoms with Crippen molar-refractivity contribution in [1.29, 1.82) is 0 Å². The smallest absolute Gasteiger partial charge is 0.238 e. The topological polar surface area (TPSA) is 77.1 Å². The van der Waals surface area contributed by atoms with Gasteiger partial charge in [-0.15, -0.1) is 0 Å². The molecule has 6 heteroatoms. The second-order valence-corrected chi connectivity index (χ2v) is 6.12. The van der Waals surface area contributed by atoms with Gasteiger partial charge in [0, 0.05) is 31.7 Å². The summed E-state index contributed by atoms with van der Waals surface area (Å²) < 4.78 is 24.6. The van der Waals surface area contributed by atoms with Crippen LogP contribution in [0, 0.1) is 6.92 Å². The highest BCUT2D eigenvalue weighted by Gasteiger charge is 2.09. The van der Waals surface area contributed by atoms with Crippen molar-refractivity contribution >= 4 is 15.7 Å². The maximum Gasteiger partial charge on any atom is 0.238 e. The number of hydrogen-bond donors (Lipinski definition) is 2. The van der Waals surface area contributed by atoms with E-state index < -0.39 is 10.0 Å². The molecule has 1 heterocycles. The van der Waals surface area contributed by atoms with Crippen LogP contribution in [-0.2, 0) is 23.6 Å². The van der Waals surface area contributed by atoms with Gasteiger partial charge in [0.25, 0.3) is 0 Å². The van der Waals surface area contributed by atoms with E-state index in [-0.39, 0.29) is 4.90 Å². The number of rotatable bonds is 4. The van der Waals surface area contributed by atoms with Gasteiger partial charge in [0.2, 0.25) is 10.0 Å². The average molecular weight is 279 g/mol. The SMILES string of the molecule is Cc1ccc(S(N)(=O)=O)cc1NCc1ccn(C)c1. The highest BCUT2D eigenvalue weighted by Crippen LogP contribution is 2.20. The molecular weight excluding hydrogens is 262 g/mol. The first-order valence-electron chi connectivity index (χ1n) is 5.84. The molecule has 5 nitrogen and oxygen atoms in total. The van der Waals surface area contributed by atoms with Crippen LogP contribution >= 0.6 is 0 Å². The van der Waals surface area contributed by atoms with E-state index in [9.17, 15) is 8.42 Å². The second kappa shape index (κ2) is 5.07. The van der Waals surface area contributed by atoms with Gasteiger partial charge < -0.3 is 9.88 Å². The van der Waals surface area contributed by atoms with E-state index in [1.54, 1.807) is 12.1 Å². The lowest BCUT2D eigenvalue weighted by Gasteiger charge is -2.10. The van der Waals surface area contributed by atoms with Gasteiger partial charge in [-0.05, 0) is 36.2 Å². The molecule has 0 aliphatic heterocycles. The minimum absolute atomic E-state index is 0.119. The molecular formula is C13H17N3O2S. The first kappa shape index (κ1) is 13.6. The lowest BCUT2D eigenvalue weighted by Crippen LogP contribution is -2.12. The minimum Gasteiger partial charge on any atom is -0.381 e. The molecule has 1 aromatic heterocycles. The number of hydrogen-bond acceptors (Lipinski definition) is 3. The fraction of sp³-hybridized carbons (Fsp3) is 0.231. The second-order valence-electron chi connectivity index (χ2n) is 4.56. The summed E-state index contributed by atoms with van der Waals surface area (Å²) >= 11 is 0. The van der Waals surface area contributed by atoms with Crippen molar-refractivity contribution in [3.8, 4) is 0 Å². The summed E-state index contributed by atoms with van der Waals surface area (Å²) in [6.07, 6.45) is 3.97. The first-order chi connectivity index (χ1) is 8.86. The molecule has 0 aliphatic rings. The Labute approximate surface area is 113 Å². The molecule has 0 fully saturated rings. The van der Waals surface area contributed by atoms with Gasteiger partial charge in [0.05, 0.1) is 4.90 Å². The van der Waals surface area contributed by atoms with Gasteiger partial charge in [0.15, 0.2) is 0 Å². The van der Waals surface area contributed by atoms with Crippen LogP contribution in [0.15, 0.2) is 41.6 Å². The number of aromatic nitrogens is 1. The van der Waals surface area contributed by atoms with Crippen molar-refractivity contribution in [2.24, 2.45) is 12.2 Å². The fourth-order valence-corrected chi connectivity index (χ4v) is 2.37. The summed E-state index contributed by atoms with van der Waals surface area (Å²) in [5.74, 6) is 0. The number of primary sulfonamides is 1. The zero-order valence-corrected chi connectivity index (χ0v) is 11.7. The Hall–Kier alpha value is -1.79. The largest absolute Gasteiger partial charge is 0.381 e. The Morgan fingerprint density at radius 1 is 1.32 bits per heavy atom. The minimum atomic E-state index is -3.67. The molecule has 1 aromatic carbocycles. The van der Waals surface area contributed by atoms with E-state index in [1.807, 2.05) is 37.0 Å². The number of benzene rings is 1. The number of nitrogens with one attached hydrogen (secondary N) is 1. The predicted molar refractivity (Wildman–Crippen MR) is 75.3 cm³/mol. The van der Waals surface area contributed by atoms with E-state index in [4.69, 9.17) is 5.14 Å². The summed E-state index contributed by atoms with van der Waals surface area (Å²) in [6.45, 7) is 2.55. The molecule has 2 aromatic rings. The molecule has 0 spiro atoms. The standard InChI is InChI=1S/C13H17N3O2S/c1-10-3-4-12(19(14,17)18)7-13(10)15-8-11-5-6-16(2)9-11/h3-7,9,15H,8H2,1-2H3,(H2,14,17,18). The Balaban J connectivity index is 2.20. The fourth-order valence-electron chi connectivity index (χ4n) is 1.83. The number of sulfonamides is 1. The molecule has 0 atom stereocenters. The molecule has 0 saturated heterocycles. The van der Waals surface area contributed by atoms with E-state index in [0.717, 1.165) is 16.8 Å². The van der Waals surface area contributed by atoms with Gasteiger partial charge in [-0.25, -0.2) is 13.6 Å². The summed E-state index contributed by atoms with van der Waals surface area (Å²) in [5, 5.41) is 8.35. The Morgan fingerprint density at radius 2 is 2.05 bits per heavy atom. The maximum absolute atomic E-state index is 11.3. The number of nitrogens with two attached hydrogens (primary N) is 1. The van der Waals surface area contributed by atoms with Crippen LogP contribution in [0.1, 0.15) is 11.1 Å². The van der Waals surface area contributed by atoms with Crippen molar-refractivity contribution < 1.29 is 8.42 Å². The lowest BCUT2D eigenvalue weighted by molar-refractivity contribution is 0.598. The summed E-state index contributed by atoms with van der Waals surface area (Å²) in [5.41, 5.74) is 2.88. The van der Waals surface area contributed by atoms with Crippen molar-refractivity contribution in [1.82, 2.24) is 4.57 Å².